The van der Waals surface area contributed by atoms with Crippen molar-refractivity contribution in [3.8, 4) is 0 Å². The van der Waals surface area contributed by atoms with Crippen molar-refractivity contribution in [2.24, 2.45) is 0 Å². The Hall–Kier alpha value is -3.58. The number of hydrogen-bond donors (Lipinski definition) is 2. The van der Waals surface area contributed by atoms with Crippen molar-refractivity contribution in [2.75, 3.05) is 10.6 Å². The van der Waals surface area contributed by atoms with Crippen molar-refractivity contribution < 1.29 is 9.18 Å². The number of carbonyl (C=O) groups excluding carboxylic acids is 1. The highest BCUT2D eigenvalue weighted by Crippen LogP contribution is 2.44. The van der Waals surface area contributed by atoms with Crippen molar-refractivity contribution in [3.05, 3.63) is 105 Å². The Morgan fingerprint density at radius 3 is 2.40 bits per heavy atom. The summed E-state index contributed by atoms with van der Waals surface area (Å²) in [6, 6.07) is 17.3. The predicted octanol–water partition coefficient (Wildman–Crippen LogP) is 6.63. The molecule has 178 valence electrons. The molecule has 5 rings (SSSR count). The highest BCUT2D eigenvalue weighted by atomic mass is 32.1. The number of amides is 1. The first-order valence-electron chi connectivity index (χ1n) is 11.8. The van der Waals surface area contributed by atoms with Crippen LogP contribution in [0.15, 0.2) is 60.7 Å². The van der Waals surface area contributed by atoms with Crippen LogP contribution in [0.25, 0.3) is 0 Å². The van der Waals surface area contributed by atoms with E-state index in [0.29, 0.717) is 17.1 Å². The van der Waals surface area contributed by atoms with Gasteiger partial charge in [-0.1, -0.05) is 36.4 Å². The third-order valence-corrected chi connectivity index (χ3v) is 7.46. The summed E-state index contributed by atoms with van der Waals surface area (Å²) >= 11 is 1.60. The summed E-state index contributed by atoms with van der Waals surface area (Å²) in [6.07, 6.45) is 4.02. The van der Waals surface area contributed by atoms with E-state index >= 15 is 4.39 Å². The summed E-state index contributed by atoms with van der Waals surface area (Å²) in [4.78, 5) is 23.5. The van der Waals surface area contributed by atoms with Crippen LogP contribution in [0.1, 0.15) is 62.2 Å². The van der Waals surface area contributed by atoms with Gasteiger partial charge < -0.3 is 10.6 Å². The monoisotopic (exact) mass is 486 g/mol. The molecular formula is C28H27FN4OS. The van der Waals surface area contributed by atoms with Crippen LogP contribution in [0.2, 0.25) is 0 Å². The molecule has 0 saturated carbocycles. The molecule has 0 aliphatic heterocycles. The van der Waals surface area contributed by atoms with Gasteiger partial charge in [0.1, 0.15) is 10.8 Å². The molecule has 1 amide bonds. The largest absolute Gasteiger partial charge is 0.343 e. The van der Waals surface area contributed by atoms with Crippen molar-refractivity contribution >= 4 is 28.2 Å². The lowest BCUT2D eigenvalue weighted by molar-refractivity contribution is 0.102. The minimum Gasteiger partial charge on any atom is -0.343 e. The van der Waals surface area contributed by atoms with E-state index in [-0.39, 0.29) is 11.7 Å². The minimum absolute atomic E-state index is 0.180. The number of anilines is 2. The SMILES string of the molecule is Cc1cc(C)nc(NC(c2ccccc2F)c2c(NC(=O)c3ccccc3)sc3c2CCCC3)n1. The fourth-order valence-corrected chi connectivity index (χ4v) is 6.01. The Bertz CT molecular complexity index is 1350. The standard InChI is InChI=1S/C28H27FN4OS/c1-17-16-18(2)31-28(30-17)32-25(20-12-6-8-14-22(20)29)24-21-13-7-9-15-23(21)35-27(24)33-26(34)19-10-4-3-5-11-19/h3-6,8,10-12,14,16,25H,7,9,13,15H2,1-2H3,(H,33,34)(H,30,31,32). The zero-order valence-electron chi connectivity index (χ0n) is 19.8. The molecule has 0 spiro atoms. The summed E-state index contributed by atoms with van der Waals surface area (Å²) in [7, 11) is 0. The van der Waals surface area contributed by atoms with Crippen LogP contribution >= 0.6 is 11.3 Å². The lowest BCUT2D eigenvalue weighted by Crippen LogP contribution is -2.20. The molecule has 4 aromatic rings. The molecular weight excluding hydrogens is 459 g/mol. The van der Waals surface area contributed by atoms with E-state index in [1.807, 2.05) is 44.2 Å². The van der Waals surface area contributed by atoms with Crippen molar-refractivity contribution in [2.45, 2.75) is 45.6 Å². The highest BCUT2D eigenvalue weighted by molar-refractivity contribution is 7.16. The second kappa shape index (κ2) is 9.96. The molecule has 0 fully saturated rings. The Morgan fingerprint density at radius 2 is 1.66 bits per heavy atom. The van der Waals surface area contributed by atoms with Gasteiger partial charge in [-0.2, -0.15) is 0 Å². The summed E-state index contributed by atoms with van der Waals surface area (Å²) in [5.41, 5.74) is 4.83. The zero-order chi connectivity index (χ0) is 24.4. The molecule has 1 unspecified atom stereocenters. The summed E-state index contributed by atoms with van der Waals surface area (Å²) in [5, 5.41) is 7.30. The summed E-state index contributed by atoms with van der Waals surface area (Å²) < 4.78 is 15.2. The number of fused-ring (bicyclic) bond motifs is 1. The summed E-state index contributed by atoms with van der Waals surface area (Å²) in [5.74, 6) is -0.0577. The Morgan fingerprint density at radius 1 is 0.971 bits per heavy atom. The highest BCUT2D eigenvalue weighted by Gasteiger charge is 2.30. The van der Waals surface area contributed by atoms with Crippen molar-refractivity contribution in [3.63, 3.8) is 0 Å². The average Bonchev–Trinajstić information content (AvgIpc) is 3.20. The quantitative estimate of drug-likeness (QED) is 0.321. The molecule has 2 heterocycles. The number of rotatable bonds is 6. The molecule has 2 aromatic carbocycles. The number of nitrogens with one attached hydrogen (secondary N) is 2. The van der Waals surface area contributed by atoms with E-state index in [0.717, 1.165) is 47.6 Å². The number of nitrogens with zero attached hydrogens (tertiary/aromatic N) is 2. The molecule has 2 N–H and O–H groups in total. The maximum atomic E-state index is 15.2. The molecule has 1 atom stereocenters. The predicted molar refractivity (Wildman–Crippen MR) is 139 cm³/mol. The Balaban J connectivity index is 1.64. The molecule has 0 saturated heterocycles. The van der Waals surface area contributed by atoms with Gasteiger partial charge >= 0.3 is 0 Å². The fraction of sp³-hybridized carbons (Fsp3) is 0.250. The second-order valence-electron chi connectivity index (χ2n) is 8.85. The Kier molecular flexibility index (Phi) is 6.59. The van der Waals surface area contributed by atoms with Crippen molar-refractivity contribution in [1.29, 1.82) is 0 Å². The molecule has 7 heteroatoms. The van der Waals surface area contributed by atoms with E-state index in [1.54, 1.807) is 35.6 Å². The number of carbonyl (C=O) groups is 1. The van der Waals surface area contributed by atoms with Gasteiger partial charge in [0.25, 0.3) is 5.91 Å². The maximum absolute atomic E-state index is 15.2. The van der Waals surface area contributed by atoms with Crippen molar-refractivity contribution in [1.82, 2.24) is 9.97 Å². The lowest BCUT2D eigenvalue weighted by Gasteiger charge is -2.24. The van der Waals surface area contributed by atoms with Gasteiger partial charge in [0.15, 0.2) is 0 Å². The fourth-order valence-electron chi connectivity index (χ4n) is 4.69. The van der Waals surface area contributed by atoms with E-state index in [4.69, 9.17) is 0 Å². The third-order valence-electron chi connectivity index (χ3n) is 6.24. The topological polar surface area (TPSA) is 66.9 Å². The van der Waals surface area contributed by atoms with Crippen LogP contribution in [-0.2, 0) is 12.8 Å². The lowest BCUT2D eigenvalue weighted by atomic mass is 9.89. The first-order valence-corrected chi connectivity index (χ1v) is 12.7. The zero-order valence-corrected chi connectivity index (χ0v) is 20.6. The molecule has 1 aliphatic rings. The van der Waals surface area contributed by atoms with Gasteiger partial charge in [-0.05, 0) is 69.4 Å². The van der Waals surface area contributed by atoms with Crippen LogP contribution in [0.3, 0.4) is 0 Å². The van der Waals surface area contributed by atoms with Crippen LogP contribution < -0.4 is 10.6 Å². The van der Waals surface area contributed by atoms with E-state index < -0.39 is 6.04 Å². The minimum atomic E-state index is -0.554. The molecule has 5 nitrogen and oxygen atoms in total. The van der Waals surface area contributed by atoms with Crippen LogP contribution in [0.5, 0.6) is 0 Å². The third kappa shape index (κ3) is 4.95. The normalized spacial score (nSPS) is 13.7. The number of aryl methyl sites for hydroxylation is 3. The summed E-state index contributed by atoms with van der Waals surface area (Å²) in [6.45, 7) is 3.83. The van der Waals surface area contributed by atoms with Crippen LogP contribution in [0.4, 0.5) is 15.3 Å². The Labute approximate surface area is 208 Å². The van der Waals surface area contributed by atoms with Gasteiger partial charge in [-0.25, -0.2) is 14.4 Å². The van der Waals surface area contributed by atoms with Gasteiger partial charge in [-0.15, -0.1) is 11.3 Å². The molecule has 0 bridgehead atoms. The number of aromatic nitrogens is 2. The average molecular weight is 487 g/mol. The second-order valence-corrected chi connectivity index (χ2v) is 9.95. The van der Waals surface area contributed by atoms with E-state index in [2.05, 4.69) is 20.6 Å². The van der Waals surface area contributed by atoms with Crippen LogP contribution in [0, 0.1) is 19.7 Å². The molecule has 1 aliphatic carbocycles. The molecule has 2 aromatic heterocycles. The van der Waals surface area contributed by atoms with Gasteiger partial charge in [0.2, 0.25) is 5.95 Å². The number of thiophene rings is 1. The smallest absolute Gasteiger partial charge is 0.256 e. The van der Waals surface area contributed by atoms with Gasteiger partial charge in [0, 0.05) is 33.0 Å². The number of hydrogen-bond acceptors (Lipinski definition) is 5. The molecule has 35 heavy (non-hydrogen) atoms. The van der Waals surface area contributed by atoms with E-state index in [9.17, 15) is 4.79 Å². The van der Waals surface area contributed by atoms with E-state index in [1.165, 1.54) is 16.5 Å². The number of benzene rings is 2. The molecule has 0 radical (unpaired) electrons. The maximum Gasteiger partial charge on any atom is 0.256 e. The number of halogens is 1. The first-order chi connectivity index (χ1) is 17.0. The van der Waals surface area contributed by atoms with Gasteiger partial charge in [-0.3, -0.25) is 4.79 Å². The van der Waals surface area contributed by atoms with Gasteiger partial charge in [0.05, 0.1) is 6.04 Å². The van der Waals surface area contributed by atoms with Crippen LogP contribution in [-0.4, -0.2) is 15.9 Å². The first kappa shape index (κ1) is 23.2.